The summed E-state index contributed by atoms with van der Waals surface area (Å²) in [6, 6.07) is 2.10. The van der Waals surface area contributed by atoms with Gasteiger partial charge in [-0.3, -0.25) is 9.19 Å². The number of anilines is 2. The van der Waals surface area contributed by atoms with Crippen LogP contribution >= 0.6 is 0 Å². The highest BCUT2D eigenvalue weighted by Crippen LogP contribution is 2.16. The highest BCUT2D eigenvalue weighted by atomic mass is 32.2. The molecule has 15 heavy (non-hydrogen) atoms. The van der Waals surface area contributed by atoms with Gasteiger partial charge in [0.15, 0.2) is 0 Å². The van der Waals surface area contributed by atoms with Crippen molar-refractivity contribution in [2.24, 2.45) is 0 Å². The van der Waals surface area contributed by atoms with Gasteiger partial charge in [-0.2, -0.15) is 0 Å². The van der Waals surface area contributed by atoms with Gasteiger partial charge in [-0.15, -0.1) is 0 Å². The van der Waals surface area contributed by atoms with Gasteiger partial charge in [-0.25, -0.2) is 0 Å². The molecule has 1 rings (SSSR count). The second-order valence-corrected chi connectivity index (χ2v) is 5.13. The predicted molar refractivity (Wildman–Crippen MR) is 65.3 cm³/mol. The summed E-state index contributed by atoms with van der Waals surface area (Å²) in [4.78, 5) is 3.91. The highest BCUT2D eigenvalue weighted by molar-refractivity contribution is 7.84. The van der Waals surface area contributed by atoms with Crippen molar-refractivity contribution < 1.29 is 4.21 Å². The van der Waals surface area contributed by atoms with E-state index in [1.165, 1.54) is 0 Å². The van der Waals surface area contributed by atoms with Gasteiger partial charge in [0, 0.05) is 35.0 Å². The highest BCUT2D eigenvalue weighted by Gasteiger charge is 2.05. The summed E-state index contributed by atoms with van der Waals surface area (Å²) in [7, 11) is -0.733. The van der Waals surface area contributed by atoms with Gasteiger partial charge >= 0.3 is 0 Å². The van der Waals surface area contributed by atoms with Crippen LogP contribution in [-0.2, 0) is 10.8 Å². The fourth-order valence-electron chi connectivity index (χ4n) is 1.22. The maximum atomic E-state index is 10.9. The van der Waals surface area contributed by atoms with Crippen LogP contribution in [0.4, 0.5) is 11.4 Å². The van der Waals surface area contributed by atoms with Gasteiger partial charge in [-0.1, -0.05) is 0 Å². The van der Waals surface area contributed by atoms with Crippen molar-refractivity contribution in [1.82, 2.24) is 4.98 Å². The molecule has 0 aromatic carbocycles. The van der Waals surface area contributed by atoms with Gasteiger partial charge < -0.3 is 11.1 Å². The molecule has 1 heterocycles. The molecule has 4 nitrogen and oxygen atoms in total. The Morgan fingerprint density at radius 3 is 3.00 bits per heavy atom. The van der Waals surface area contributed by atoms with E-state index in [1.54, 1.807) is 18.6 Å². The van der Waals surface area contributed by atoms with Crippen molar-refractivity contribution in [2.45, 2.75) is 19.4 Å². The molecule has 0 aliphatic heterocycles. The van der Waals surface area contributed by atoms with Gasteiger partial charge in [-0.05, 0) is 19.4 Å². The number of hydrogen-bond donors (Lipinski definition) is 2. The Hall–Kier alpha value is -1.10. The minimum absolute atomic E-state index is 0.263. The quantitative estimate of drug-likeness (QED) is 0.794. The normalized spacial score (nSPS) is 14.5. The van der Waals surface area contributed by atoms with Gasteiger partial charge in [0.2, 0.25) is 0 Å². The molecule has 84 valence electrons. The Bertz CT molecular complexity index is 343. The van der Waals surface area contributed by atoms with Crippen LogP contribution in [-0.4, -0.2) is 27.2 Å². The maximum Gasteiger partial charge on any atom is 0.0736 e. The zero-order chi connectivity index (χ0) is 11.3. The van der Waals surface area contributed by atoms with E-state index in [1.807, 2.05) is 13.0 Å². The summed E-state index contributed by atoms with van der Waals surface area (Å²) >= 11 is 0. The van der Waals surface area contributed by atoms with E-state index in [0.29, 0.717) is 11.4 Å². The smallest absolute Gasteiger partial charge is 0.0736 e. The first-order chi connectivity index (χ1) is 7.09. The Kier molecular flexibility index (Phi) is 4.55. The fraction of sp³-hybridized carbons (Fsp3) is 0.500. The van der Waals surface area contributed by atoms with E-state index in [-0.39, 0.29) is 6.04 Å². The minimum atomic E-state index is -0.733. The van der Waals surface area contributed by atoms with Crippen molar-refractivity contribution in [2.75, 3.05) is 23.1 Å². The fourth-order valence-corrected chi connectivity index (χ4v) is 1.90. The molecule has 0 saturated heterocycles. The molecule has 0 bridgehead atoms. The Balaban J connectivity index is 2.47. The Morgan fingerprint density at radius 2 is 2.40 bits per heavy atom. The largest absolute Gasteiger partial charge is 0.396 e. The second kappa shape index (κ2) is 5.70. The molecule has 1 aromatic heterocycles. The van der Waals surface area contributed by atoms with Crippen molar-refractivity contribution in [3.8, 4) is 0 Å². The molecule has 5 heteroatoms. The molecular weight excluding hydrogens is 210 g/mol. The third kappa shape index (κ3) is 4.29. The molecular formula is C10H17N3OS. The molecule has 3 N–H and O–H groups in total. The molecule has 0 spiro atoms. The first kappa shape index (κ1) is 12.0. The molecule has 2 unspecified atom stereocenters. The van der Waals surface area contributed by atoms with E-state index in [4.69, 9.17) is 5.73 Å². The van der Waals surface area contributed by atoms with Crippen molar-refractivity contribution in [1.29, 1.82) is 0 Å². The number of hydrogen-bond acceptors (Lipinski definition) is 4. The van der Waals surface area contributed by atoms with Crippen LogP contribution in [0.5, 0.6) is 0 Å². The average molecular weight is 227 g/mol. The Morgan fingerprint density at radius 1 is 1.67 bits per heavy atom. The zero-order valence-corrected chi connectivity index (χ0v) is 9.88. The summed E-state index contributed by atoms with van der Waals surface area (Å²) in [6.07, 6.45) is 5.90. The van der Waals surface area contributed by atoms with Crippen LogP contribution in [0.15, 0.2) is 18.5 Å². The van der Waals surface area contributed by atoms with Gasteiger partial charge in [0.05, 0.1) is 17.6 Å². The van der Waals surface area contributed by atoms with Crippen LogP contribution in [0.25, 0.3) is 0 Å². The monoisotopic (exact) mass is 227 g/mol. The third-order valence-corrected chi connectivity index (χ3v) is 2.90. The van der Waals surface area contributed by atoms with Crippen molar-refractivity contribution in [3.05, 3.63) is 18.5 Å². The SMILES string of the molecule is CC(CCS(C)=O)Nc1ccncc1N. The first-order valence-electron chi connectivity index (χ1n) is 4.85. The zero-order valence-electron chi connectivity index (χ0n) is 9.06. The van der Waals surface area contributed by atoms with Crippen LogP contribution < -0.4 is 11.1 Å². The number of aromatic nitrogens is 1. The summed E-state index contributed by atoms with van der Waals surface area (Å²) < 4.78 is 10.9. The number of nitrogen functional groups attached to an aromatic ring is 1. The van der Waals surface area contributed by atoms with Crippen molar-refractivity contribution >= 4 is 22.2 Å². The molecule has 0 saturated carbocycles. The lowest BCUT2D eigenvalue weighted by Gasteiger charge is -2.15. The second-order valence-electron chi connectivity index (χ2n) is 3.57. The van der Waals surface area contributed by atoms with Crippen LogP contribution in [0.3, 0.4) is 0 Å². The summed E-state index contributed by atoms with van der Waals surface area (Å²) in [5, 5.41) is 3.27. The number of nitrogens with two attached hydrogens (primary N) is 1. The lowest BCUT2D eigenvalue weighted by atomic mass is 10.2. The van der Waals surface area contributed by atoms with Crippen LogP contribution in [0.2, 0.25) is 0 Å². The molecule has 1 aromatic rings. The topological polar surface area (TPSA) is 68.0 Å². The molecule has 0 fully saturated rings. The third-order valence-electron chi connectivity index (χ3n) is 2.09. The molecule has 0 aliphatic carbocycles. The molecule has 0 aliphatic rings. The molecule has 0 amide bonds. The van der Waals surface area contributed by atoms with E-state index < -0.39 is 10.8 Å². The lowest BCUT2D eigenvalue weighted by molar-refractivity contribution is 0.678. The lowest BCUT2D eigenvalue weighted by Crippen LogP contribution is -2.18. The van der Waals surface area contributed by atoms with Gasteiger partial charge in [0.25, 0.3) is 0 Å². The van der Waals surface area contributed by atoms with E-state index in [9.17, 15) is 4.21 Å². The van der Waals surface area contributed by atoms with E-state index in [2.05, 4.69) is 10.3 Å². The van der Waals surface area contributed by atoms with Crippen molar-refractivity contribution in [3.63, 3.8) is 0 Å². The minimum Gasteiger partial charge on any atom is -0.396 e. The number of pyridine rings is 1. The number of nitrogens with one attached hydrogen (secondary N) is 1. The summed E-state index contributed by atoms with van der Waals surface area (Å²) in [5.74, 6) is 0.707. The average Bonchev–Trinajstić information content (AvgIpc) is 2.18. The number of nitrogens with zero attached hydrogens (tertiary/aromatic N) is 1. The van der Waals surface area contributed by atoms with E-state index >= 15 is 0 Å². The Labute approximate surface area is 92.7 Å². The first-order valence-corrected chi connectivity index (χ1v) is 6.58. The standard InChI is InChI=1S/C10H17N3OS/c1-8(4-6-15(2)14)13-10-3-5-12-7-9(10)11/h3,5,7-8H,4,6,11H2,1-2H3,(H,12,13). The van der Waals surface area contributed by atoms with Crippen LogP contribution in [0, 0.1) is 0 Å². The predicted octanol–water partition coefficient (Wildman–Crippen LogP) is 1.23. The number of rotatable bonds is 5. The molecule has 0 radical (unpaired) electrons. The van der Waals surface area contributed by atoms with Gasteiger partial charge in [0.1, 0.15) is 0 Å². The van der Waals surface area contributed by atoms with Crippen LogP contribution in [0.1, 0.15) is 13.3 Å². The molecule has 2 atom stereocenters. The summed E-state index contributed by atoms with van der Waals surface area (Å²) in [6.45, 7) is 2.05. The summed E-state index contributed by atoms with van der Waals surface area (Å²) in [5.41, 5.74) is 7.27. The maximum absolute atomic E-state index is 10.9. The van der Waals surface area contributed by atoms with E-state index in [0.717, 1.165) is 12.1 Å².